The summed E-state index contributed by atoms with van der Waals surface area (Å²) in [5.74, 6) is 0.743. The molecule has 2 aromatic rings. The molecule has 1 fully saturated rings. The SMILES string of the molecule is CCNC(=NCCC(=O)NCc1ccccc1)NC(C)c1cccc(N2CCCC2)c1. The number of carbonyl (C=O) groups is 1. The van der Waals surface area contributed by atoms with Crippen LogP contribution in [-0.4, -0.2) is 38.0 Å². The van der Waals surface area contributed by atoms with E-state index in [4.69, 9.17) is 0 Å². The Morgan fingerprint density at radius 2 is 1.84 bits per heavy atom. The van der Waals surface area contributed by atoms with Gasteiger partial charge in [-0.25, -0.2) is 0 Å². The fourth-order valence-electron chi connectivity index (χ4n) is 3.73. The standard InChI is InChI=1S/C25H35N5O/c1-3-26-25(27-15-14-24(31)28-19-21-10-5-4-6-11-21)29-20(2)22-12-9-13-23(18-22)30-16-7-8-17-30/h4-6,9-13,18,20H,3,7-8,14-17,19H2,1-2H3,(H,28,31)(H2,26,27,29). The average molecular weight is 422 g/mol. The fraction of sp³-hybridized carbons (Fsp3) is 0.440. The monoisotopic (exact) mass is 421 g/mol. The van der Waals surface area contributed by atoms with Crippen LogP contribution in [0.25, 0.3) is 0 Å². The molecule has 1 aliphatic rings. The minimum absolute atomic E-state index is 0.00909. The molecule has 166 valence electrons. The predicted octanol–water partition coefficient (Wildman–Crippen LogP) is 3.61. The van der Waals surface area contributed by atoms with Gasteiger partial charge >= 0.3 is 0 Å². The number of nitrogens with one attached hydrogen (secondary N) is 3. The Kier molecular flexibility index (Phi) is 8.76. The van der Waals surface area contributed by atoms with Crippen molar-refractivity contribution >= 4 is 17.6 Å². The smallest absolute Gasteiger partial charge is 0.222 e. The Morgan fingerprint density at radius 3 is 2.58 bits per heavy atom. The zero-order chi connectivity index (χ0) is 21.9. The third kappa shape index (κ3) is 7.31. The van der Waals surface area contributed by atoms with Crippen LogP contribution in [0, 0.1) is 0 Å². The van der Waals surface area contributed by atoms with Crippen molar-refractivity contribution < 1.29 is 4.79 Å². The first-order chi connectivity index (χ1) is 15.2. The van der Waals surface area contributed by atoms with Crippen molar-refractivity contribution in [2.75, 3.05) is 31.1 Å². The lowest BCUT2D eigenvalue weighted by atomic mass is 10.1. The molecule has 1 atom stereocenters. The lowest BCUT2D eigenvalue weighted by Crippen LogP contribution is -2.39. The maximum absolute atomic E-state index is 12.1. The number of carbonyl (C=O) groups excluding carboxylic acids is 1. The van der Waals surface area contributed by atoms with Gasteiger partial charge in [-0.05, 0) is 49.9 Å². The predicted molar refractivity (Wildman–Crippen MR) is 128 cm³/mol. The van der Waals surface area contributed by atoms with Gasteiger partial charge in [0.15, 0.2) is 5.96 Å². The largest absolute Gasteiger partial charge is 0.372 e. The number of hydrogen-bond acceptors (Lipinski definition) is 3. The highest BCUT2D eigenvalue weighted by molar-refractivity contribution is 5.81. The number of guanidine groups is 1. The Hall–Kier alpha value is -3.02. The Bertz CT molecular complexity index is 846. The molecular formula is C25H35N5O. The summed E-state index contributed by atoms with van der Waals surface area (Å²) in [7, 11) is 0. The Morgan fingerprint density at radius 1 is 1.06 bits per heavy atom. The zero-order valence-corrected chi connectivity index (χ0v) is 18.7. The van der Waals surface area contributed by atoms with E-state index in [1.54, 1.807) is 0 Å². The summed E-state index contributed by atoms with van der Waals surface area (Å²) in [6.07, 6.45) is 2.91. The minimum atomic E-state index is 0.00909. The van der Waals surface area contributed by atoms with Crippen LogP contribution >= 0.6 is 0 Å². The Balaban J connectivity index is 1.50. The average Bonchev–Trinajstić information content (AvgIpc) is 3.34. The molecule has 1 heterocycles. The molecular weight excluding hydrogens is 386 g/mol. The van der Waals surface area contributed by atoms with Crippen molar-refractivity contribution in [2.24, 2.45) is 4.99 Å². The molecule has 1 aliphatic heterocycles. The summed E-state index contributed by atoms with van der Waals surface area (Å²) in [5.41, 5.74) is 3.62. The molecule has 6 heteroatoms. The highest BCUT2D eigenvalue weighted by atomic mass is 16.1. The van der Waals surface area contributed by atoms with Crippen LogP contribution in [-0.2, 0) is 11.3 Å². The van der Waals surface area contributed by atoms with Gasteiger partial charge in [0.1, 0.15) is 0 Å². The van der Waals surface area contributed by atoms with E-state index >= 15 is 0 Å². The lowest BCUT2D eigenvalue weighted by Gasteiger charge is -2.22. The van der Waals surface area contributed by atoms with Gasteiger partial charge in [-0.3, -0.25) is 9.79 Å². The molecule has 1 amide bonds. The van der Waals surface area contributed by atoms with Gasteiger partial charge in [-0.2, -0.15) is 0 Å². The quantitative estimate of drug-likeness (QED) is 0.427. The first kappa shape index (κ1) is 22.7. The van der Waals surface area contributed by atoms with Gasteiger partial charge in [0.25, 0.3) is 0 Å². The highest BCUT2D eigenvalue weighted by Gasteiger charge is 2.14. The molecule has 3 N–H and O–H groups in total. The number of hydrogen-bond donors (Lipinski definition) is 3. The van der Waals surface area contributed by atoms with E-state index in [0.717, 1.165) is 31.2 Å². The summed E-state index contributed by atoms with van der Waals surface area (Å²) in [6.45, 7) is 8.23. The fourth-order valence-corrected chi connectivity index (χ4v) is 3.73. The second-order valence-corrected chi connectivity index (χ2v) is 7.93. The topological polar surface area (TPSA) is 68.8 Å². The van der Waals surface area contributed by atoms with Crippen LogP contribution in [0.2, 0.25) is 0 Å². The number of amides is 1. The molecule has 0 aromatic heterocycles. The van der Waals surface area contributed by atoms with Crippen molar-refractivity contribution in [1.82, 2.24) is 16.0 Å². The summed E-state index contributed by atoms with van der Waals surface area (Å²) in [4.78, 5) is 19.2. The van der Waals surface area contributed by atoms with E-state index in [1.165, 1.54) is 24.1 Å². The van der Waals surface area contributed by atoms with Gasteiger partial charge < -0.3 is 20.9 Å². The number of anilines is 1. The number of benzene rings is 2. The van der Waals surface area contributed by atoms with Gasteiger partial charge in [0, 0.05) is 38.3 Å². The van der Waals surface area contributed by atoms with E-state index in [1.807, 2.05) is 37.3 Å². The molecule has 3 rings (SSSR count). The van der Waals surface area contributed by atoms with Gasteiger partial charge in [0.2, 0.25) is 5.91 Å². The van der Waals surface area contributed by atoms with Crippen molar-refractivity contribution in [3.05, 3.63) is 65.7 Å². The molecule has 31 heavy (non-hydrogen) atoms. The number of rotatable bonds is 9. The summed E-state index contributed by atoms with van der Waals surface area (Å²) < 4.78 is 0. The van der Waals surface area contributed by atoms with Gasteiger partial charge in [-0.1, -0.05) is 42.5 Å². The molecule has 2 aromatic carbocycles. The number of nitrogens with zero attached hydrogens (tertiary/aromatic N) is 2. The van der Waals surface area contributed by atoms with Gasteiger partial charge in [0.05, 0.1) is 12.6 Å². The third-order valence-electron chi connectivity index (χ3n) is 5.48. The van der Waals surface area contributed by atoms with Crippen molar-refractivity contribution in [1.29, 1.82) is 0 Å². The summed E-state index contributed by atoms with van der Waals surface area (Å²) in [5, 5.41) is 9.70. The molecule has 0 saturated carbocycles. The van der Waals surface area contributed by atoms with E-state index in [0.29, 0.717) is 19.5 Å². The van der Waals surface area contributed by atoms with E-state index in [9.17, 15) is 4.79 Å². The van der Waals surface area contributed by atoms with E-state index in [2.05, 4.69) is 57.0 Å². The normalized spacial score (nSPS) is 14.9. The summed E-state index contributed by atoms with van der Waals surface area (Å²) >= 11 is 0. The molecule has 1 saturated heterocycles. The third-order valence-corrected chi connectivity index (χ3v) is 5.48. The molecule has 0 bridgehead atoms. The molecule has 6 nitrogen and oxygen atoms in total. The highest BCUT2D eigenvalue weighted by Crippen LogP contribution is 2.23. The van der Waals surface area contributed by atoms with E-state index < -0.39 is 0 Å². The van der Waals surface area contributed by atoms with Crippen LogP contribution < -0.4 is 20.9 Å². The van der Waals surface area contributed by atoms with Crippen molar-refractivity contribution in [3.8, 4) is 0 Å². The maximum Gasteiger partial charge on any atom is 0.222 e. The number of aliphatic imine (C=N–C) groups is 1. The van der Waals surface area contributed by atoms with Crippen LogP contribution in [0.3, 0.4) is 0 Å². The van der Waals surface area contributed by atoms with Crippen LogP contribution in [0.4, 0.5) is 5.69 Å². The zero-order valence-electron chi connectivity index (χ0n) is 18.7. The molecule has 0 radical (unpaired) electrons. The molecule has 0 spiro atoms. The second kappa shape index (κ2) is 12.0. The Labute approximate surface area is 186 Å². The first-order valence-corrected chi connectivity index (χ1v) is 11.4. The second-order valence-electron chi connectivity index (χ2n) is 7.93. The van der Waals surface area contributed by atoms with Crippen molar-refractivity contribution in [2.45, 2.75) is 45.7 Å². The van der Waals surface area contributed by atoms with Gasteiger partial charge in [-0.15, -0.1) is 0 Å². The molecule has 1 unspecified atom stereocenters. The van der Waals surface area contributed by atoms with Crippen LogP contribution in [0.1, 0.15) is 50.3 Å². The van der Waals surface area contributed by atoms with E-state index in [-0.39, 0.29) is 11.9 Å². The van der Waals surface area contributed by atoms with Crippen LogP contribution in [0.15, 0.2) is 59.6 Å². The lowest BCUT2D eigenvalue weighted by molar-refractivity contribution is -0.121. The minimum Gasteiger partial charge on any atom is -0.372 e. The molecule has 0 aliphatic carbocycles. The van der Waals surface area contributed by atoms with Crippen LogP contribution in [0.5, 0.6) is 0 Å². The first-order valence-electron chi connectivity index (χ1n) is 11.4. The maximum atomic E-state index is 12.1. The summed E-state index contributed by atoms with van der Waals surface area (Å²) in [6, 6.07) is 18.8. The van der Waals surface area contributed by atoms with Crippen molar-refractivity contribution in [3.63, 3.8) is 0 Å².